The Labute approximate surface area is 271 Å². The number of likely N-dealkylation sites (tertiary alicyclic amines) is 1. The number of carbonyl (C=O) groups excluding carboxylic acids is 3. The number of hydrogen-bond donors (Lipinski definition) is 1. The number of ether oxygens (including phenoxy) is 1. The summed E-state index contributed by atoms with van der Waals surface area (Å²) in [6, 6.07) is 6.08. The second-order valence-corrected chi connectivity index (χ2v) is 15.1. The lowest BCUT2D eigenvalue weighted by Crippen LogP contribution is -2.58. The Morgan fingerprint density at radius 2 is 2.05 bits per heavy atom. The maximum atomic E-state index is 14.8. The van der Waals surface area contributed by atoms with Crippen LogP contribution < -0.4 is 0 Å². The largest absolute Gasteiger partial charge is 0.465 e. The topological polar surface area (TPSA) is 118 Å². The van der Waals surface area contributed by atoms with Crippen LogP contribution in [0.2, 0.25) is 0 Å². The van der Waals surface area contributed by atoms with Gasteiger partial charge in [-0.15, -0.1) is 30.0 Å². The van der Waals surface area contributed by atoms with Crippen molar-refractivity contribution in [3.8, 4) is 0 Å². The molecule has 1 N–H and O–H groups in total. The summed E-state index contributed by atoms with van der Waals surface area (Å²) in [6.07, 6.45) is 6.99. The van der Waals surface area contributed by atoms with E-state index >= 15 is 0 Å². The summed E-state index contributed by atoms with van der Waals surface area (Å²) < 4.78 is 6.57. The molecular formula is C32H42BrN5O5S. The van der Waals surface area contributed by atoms with Crippen LogP contribution >= 0.6 is 27.7 Å². The van der Waals surface area contributed by atoms with Crippen molar-refractivity contribution in [1.29, 1.82) is 0 Å². The number of para-hydroxylation sites is 1. The van der Waals surface area contributed by atoms with Gasteiger partial charge in [-0.25, -0.2) is 4.68 Å². The van der Waals surface area contributed by atoms with Crippen LogP contribution in [-0.4, -0.2) is 94.4 Å². The van der Waals surface area contributed by atoms with Gasteiger partial charge < -0.3 is 19.6 Å². The number of alkyl halides is 1. The van der Waals surface area contributed by atoms with E-state index in [-0.39, 0.29) is 60.2 Å². The summed E-state index contributed by atoms with van der Waals surface area (Å²) in [6.45, 7) is 12.0. The van der Waals surface area contributed by atoms with Crippen LogP contribution in [0.5, 0.6) is 0 Å². The Balaban J connectivity index is 1.51. The molecule has 5 rings (SSSR count). The number of halogens is 1. The molecule has 0 aliphatic carbocycles. The number of unbranched alkanes of at least 4 members (excludes halogenated alkanes) is 2. The number of aliphatic hydroxyl groups excluding tert-OH is 1. The number of hydrogen-bond acceptors (Lipinski definition) is 8. The number of rotatable bonds is 15. The van der Waals surface area contributed by atoms with Gasteiger partial charge in [0.1, 0.15) is 18.2 Å². The molecule has 1 aromatic heterocycles. The second-order valence-electron chi connectivity index (χ2n) is 12.4. The first-order valence-electron chi connectivity index (χ1n) is 15.4. The molecule has 3 aliphatic heterocycles. The molecule has 44 heavy (non-hydrogen) atoms. The van der Waals surface area contributed by atoms with E-state index in [9.17, 15) is 19.5 Å². The zero-order chi connectivity index (χ0) is 31.6. The van der Waals surface area contributed by atoms with Gasteiger partial charge in [-0.3, -0.25) is 14.4 Å². The fraction of sp³-hybridized carbons (Fsp3) is 0.594. The lowest BCUT2D eigenvalue weighted by molar-refractivity contribution is -0.154. The lowest BCUT2D eigenvalue weighted by Gasteiger charge is -2.40. The first-order chi connectivity index (χ1) is 21.2. The number of esters is 1. The standard InChI is InChI=1S/C32H42BrN5O5S/c1-5-7-8-11-15-43-31(42)25-26-29(40)38(21(18-39)16-20(3)4)28(32(26)17-22(33)27(25)44-32)30(41)36(14-6-2)19-37-24-13-10-9-12-23(24)34-35-37/h5-6,9-10,12-13,20-22,25-28,39H,1-2,7-8,11,14-19H2,3-4H3/t21-,22?,25-,26+,27-,28?,32?/m1/s1. The molecule has 2 aromatic rings. The number of aliphatic hydroxyl groups is 1. The number of carbonyl (C=O) groups is 3. The number of amides is 2. The van der Waals surface area contributed by atoms with Crippen molar-refractivity contribution in [2.45, 2.75) is 79.5 Å². The molecule has 12 heteroatoms. The van der Waals surface area contributed by atoms with Gasteiger partial charge >= 0.3 is 5.97 Å². The van der Waals surface area contributed by atoms with Crippen LogP contribution in [0.4, 0.5) is 0 Å². The molecule has 7 atom stereocenters. The van der Waals surface area contributed by atoms with Crippen molar-refractivity contribution >= 4 is 56.5 Å². The van der Waals surface area contributed by atoms with Gasteiger partial charge in [0.2, 0.25) is 11.8 Å². The third-order valence-corrected chi connectivity index (χ3v) is 12.2. The number of allylic oxidation sites excluding steroid dienone is 1. The van der Waals surface area contributed by atoms with E-state index in [2.05, 4.69) is 39.4 Å². The normalized spacial score (nSPS) is 28.0. The highest BCUT2D eigenvalue weighted by Gasteiger charge is 2.76. The minimum absolute atomic E-state index is 0.0742. The van der Waals surface area contributed by atoms with Crippen molar-refractivity contribution in [3.05, 3.63) is 49.6 Å². The highest BCUT2D eigenvalue weighted by Crippen LogP contribution is 2.68. The molecule has 0 saturated carbocycles. The zero-order valence-electron chi connectivity index (χ0n) is 25.4. The van der Waals surface area contributed by atoms with Crippen LogP contribution in [0.3, 0.4) is 0 Å². The number of benzene rings is 1. The third-order valence-electron chi connectivity index (χ3n) is 9.01. The molecule has 238 valence electrons. The first-order valence-corrected chi connectivity index (χ1v) is 17.2. The Morgan fingerprint density at radius 1 is 1.27 bits per heavy atom. The molecule has 4 heterocycles. The van der Waals surface area contributed by atoms with Crippen LogP contribution in [0.1, 0.15) is 46.0 Å². The highest BCUT2D eigenvalue weighted by molar-refractivity contribution is 9.09. The van der Waals surface area contributed by atoms with Gasteiger partial charge in [-0.1, -0.05) is 59.3 Å². The quantitative estimate of drug-likeness (QED) is 0.128. The Hall–Kier alpha value is -2.70. The summed E-state index contributed by atoms with van der Waals surface area (Å²) in [5, 5.41) is 18.9. The van der Waals surface area contributed by atoms with Crippen LogP contribution in [0.15, 0.2) is 49.6 Å². The number of aromatic nitrogens is 3. The monoisotopic (exact) mass is 687 g/mol. The van der Waals surface area contributed by atoms with Crippen LogP contribution in [-0.2, 0) is 25.8 Å². The molecular weight excluding hydrogens is 646 g/mol. The van der Waals surface area contributed by atoms with E-state index < -0.39 is 28.7 Å². The van der Waals surface area contributed by atoms with Gasteiger partial charge in [0.25, 0.3) is 0 Å². The Bertz CT molecular complexity index is 1400. The van der Waals surface area contributed by atoms with E-state index in [4.69, 9.17) is 4.74 Å². The van der Waals surface area contributed by atoms with E-state index in [0.29, 0.717) is 24.8 Å². The van der Waals surface area contributed by atoms with Gasteiger partial charge in [0.05, 0.1) is 41.4 Å². The summed E-state index contributed by atoms with van der Waals surface area (Å²) >= 11 is 5.37. The third kappa shape index (κ3) is 5.85. The van der Waals surface area contributed by atoms with E-state index in [1.807, 2.05) is 44.2 Å². The van der Waals surface area contributed by atoms with E-state index in [1.54, 1.807) is 32.3 Å². The minimum Gasteiger partial charge on any atom is -0.465 e. The van der Waals surface area contributed by atoms with Gasteiger partial charge in [0.15, 0.2) is 0 Å². The second kappa shape index (κ2) is 13.7. The van der Waals surface area contributed by atoms with E-state index in [0.717, 1.165) is 18.4 Å². The number of fused-ring (bicyclic) bond motifs is 2. The Kier molecular flexibility index (Phi) is 10.2. The number of nitrogens with zero attached hydrogens (tertiary/aromatic N) is 5. The van der Waals surface area contributed by atoms with Crippen LogP contribution in [0.25, 0.3) is 11.0 Å². The molecule has 2 amide bonds. The predicted octanol–water partition coefficient (Wildman–Crippen LogP) is 4.17. The van der Waals surface area contributed by atoms with Gasteiger partial charge in [0, 0.05) is 16.6 Å². The van der Waals surface area contributed by atoms with Crippen molar-refractivity contribution in [1.82, 2.24) is 24.8 Å². The molecule has 3 unspecified atom stereocenters. The molecule has 10 nitrogen and oxygen atoms in total. The summed E-state index contributed by atoms with van der Waals surface area (Å²) in [5.41, 5.74) is 1.50. The van der Waals surface area contributed by atoms with E-state index in [1.165, 1.54) is 0 Å². The molecule has 3 aliphatic rings. The fourth-order valence-electron chi connectivity index (χ4n) is 7.22. The Morgan fingerprint density at radius 3 is 2.75 bits per heavy atom. The molecule has 2 bridgehead atoms. The van der Waals surface area contributed by atoms with Crippen molar-refractivity contribution in [2.24, 2.45) is 17.8 Å². The van der Waals surface area contributed by atoms with Crippen molar-refractivity contribution < 1.29 is 24.2 Å². The minimum atomic E-state index is -0.883. The first kappa shape index (κ1) is 32.7. The van der Waals surface area contributed by atoms with Crippen molar-refractivity contribution in [3.63, 3.8) is 0 Å². The smallest absolute Gasteiger partial charge is 0.310 e. The van der Waals surface area contributed by atoms with Gasteiger partial charge in [-0.05, 0) is 50.2 Å². The zero-order valence-corrected chi connectivity index (χ0v) is 27.8. The summed E-state index contributed by atoms with van der Waals surface area (Å²) in [4.78, 5) is 46.2. The summed E-state index contributed by atoms with van der Waals surface area (Å²) in [7, 11) is 0. The maximum Gasteiger partial charge on any atom is 0.310 e. The molecule has 1 spiro atoms. The highest BCUT2D eigenvalue weighted by atomic mass is 79.9. The average Bonchev–Trinajstić information content (AvgIpc) is 3.72. The fourth-order valence-corrected chi connectivity index (χ4v) is 10.8. The SMILES string of the molecule is C=CCCCCOC(=O)[C@H]1[C@@H]2SC3(CC2Br)C(C(=O)N(CC=C)Cn2nnc4ccccc42)N([C@@H](CO)CC(C)C)C(=O)[C@H]13. The maximum absolute atomic E-state index is 14.8. The predicted molar refractivity (Wildman–Crippen MR) is 174 cm³/mol. The van der Waals surface area contributed by atoms with Crippen LogP contribution in [0, 0.1) is 17.8 Å². The summed E-state index contributed by atoms with van der Waals surface area (Å²) in [5.74, 6) is -2.14. The molecule has 3 saturated heterocycles. The molecule has 0 radical (unpaired) electrons. The average molecular weight is 689 g/mol. The lowest BCUT2D eigenvalue weighted by atomic mass is 9.71. The van der Waals surface area contributed by atoms with Gasteiger partial charge in [-0.2, -0.15) is 0 Å². The molecule has 3 fully saturated rings. The van der Waals surface area contributed by atoms with Crippen molar-refractivity contribution in [2.75, 3.05) is 19.8 Å². The molecule has 1 aromatic carbocycles. The number of thioether (sulfide) groups is 1.